The number of allylic oxidation sites excluding steroid dienone is 2. The lowest BCUT2D eigenvalue weighted by Crippen LogP contribution is -1.95. The van der Waals surface area contributed by atoms with Crippen LogP contribution < -0.4 is 4.74 Å². The van der Waals surface area contributed by atoms with Gasteiger partial charge in [0.1, 0.15) is 5.75 Å². The molecule has 0 aliphatic carbocycles. The summed E-state index contributed by atoms with van der Waals surface area (Å²) < 4.78 is 5.36. The van der Waals surface area contributed by atoms with Crippen LogP contribution in [0.3, 0.4) is 0 Å². The van der Waals surface area contributed by atoms with E-state index < -0.39 is 0 Å². The minimum absolute atomic E-state index is 0.925. The van der Waals surface area contributed by atoms with Crippen molar-refractivity contribution in [1.82, 2.24) is 0 Å². The van der Waals surface area contributed by atoms with E-state index in [-0.39, 0.29) is 0 Å². The number of hydrogen-bond acceptors (Lipinski definition) is 1. The summed E-state index contributed by atoms with van der Waals surface area (Å²) in [4.78, 5) is 0. The lowest BCUT2D eigenvalue weighted by Gasteiger charge is -2.17. The Morgan fingerprint density at radius 3 is 1.62 bits per heavy atom. The monoisotopic (exact) mass is 350 g/mol. The maximum absolute atomic E-state index is 5.36. The van der Waals surface area contributed by atoms with Crippen LogP contribution in [0.15, 0.2) is 54.6 Å². The first-order valence-corrected chi connectivity index (χ1v) is 10.2. The second-order valence-electron chi connectivity index (χ2n) is 6.97. The highest BCUT2D eigenvalue weighted by Gasteiger charge is 2.12. The van der Waals surface area contributed by atoms with E-state index in [0.717, 1.165) is 18.6 Å². The molecule has 0 N–H and O–H groups in total. The summed E-state index contributed by atoms with van der Waals surface area (Å²) in [5.74, 6) is 0.925. The van der Waals surface area contributed by atoms with Crippen LogP contribution in [0.25, 0.3) is 11.1 Å². The average Bonchev–Trinajstić information content (AvgIpc) is 2.70. The van der Waals surface area contributed by atoms with Gasteiger partial charge in [0.2, 0.25) is 0 Å². The van der Waals surface area contributed by atoms with Crippen LogP contribution >= 0.6 is 0 Å². The number of ether oxygens (including phenoxy) is 1. The van der Waals surface area contributed by atoms with Crippen molar-refractivity contribution in [2.24, 2.45) is 0 Å². The van der Waals surface area contributed by atoms with Crippen molar-refractivity contribution in [3.63, 3.8) is 0 Å². The molecule has 0 fully saturated rings. The molecule has 0 atom stereocenters. The number of methoxy groups -OCH3 is 1. The summed E-state index contributed by atoms with van der Waals surface area (Å²) in [6.45, 7) is 4.55. The third-order valence-corrected chi connectivity index (χ3v) is 4.99. The van der Waals surface area contributed by atoms with Crippen LogP contribution in [0.4, 0.5) is 0 Å². The molecule has 2 rings (SSSR count). The van der Waals surface area contributed by atoms with E-state index in [0.29, 0.717) is 0 Å². The molecule has 0 bridgehead atoms. The lowest BCUT2D eigenvalue weighted by atomic mass is 9.88. The van der Waals surface area contributed by atoms with Gasteiger partial charge >= 0.3 is 0 Å². The molecule has 0 saturated carbocycles. The summed E-state index contributed by atoms with van der Waals surface area (Å²) in [7, 11) is 1.73. The zero-order chi connectivity index (χ0) is 18.6. The lowest BCUT2D eigenvalue weighted by molar-refractivity contribution is 0.415. The van der Waals surface area contributed by atoms with Crippen LogP contribution in [0.5, 0.6) is 5.75 Å². The van der Waals surface area contributed by atoms with Crippen LogP contribution in [0.1, 0.15) is 76.3 Å². The normalized spacial score (nSPS) is 12.0. The van der Waals surface area contributed by atoms with Gasteiger partial charge in [0.05, 0.1) is 7.11 Å². The second-order valence-corrected chi connectivity index (χ2v) is 6.97. The molecule has 0 spiro atoms. The zero-order valence-corrected chi connectivity index (χ0v) is 16.8. The smallest absolute Gasteiger partial charge is 0.118 e. The molecule has 2 aromatic rings. The molecule has 0 aliphatic heterocycles. The highest BCUT2D eigenvalue weighted by molar-refractivity contribution is 5.91. The Kier molecular flexibility index (Phi) is 9.03. The van der Waals surface area contributed by atoms with Crippen LogP contribution in [-0.2, 0) is 0 Å². The second kappa shape index (κ2) is 11.6. The van der Waals surface area contributed by atoms with Gasteiger partial charge in [-0.25, -0.2) is 0 Å². The summed E-state index contributed by atoms with van der Waals surface area (Å²) in [5.41, 5.74) is 5.77. The SMILES string of the molecule is CCCCC/C(=C(\CCCCC)c1ccc(OC)cc1)c1ccccc1. The number of rotatable bonds is 11. The largest absolute Gasteiger partial charge is 0.497 e. The summed E-state index contributed by atoms with van der Waals surface area (Å²) in [6.07, 6.45) is 9.91. The molecule has 0 amide bonds. The Balaban J connectivity index is 2.44. The molecule has 0 aromatic heterocycles. The third kappa shape index (κ3) is 6.05. The molecular formula is C25H34O. The topological polar surface area (TPSA) is 9.23 Å². The van der Waals surface area contributed by atoms with Crippen molar-refractivity contribution in [2.45, 2.75) is 65.2 Å². The van der Waals surface area contributed by atoms with Gasteiger partial charge in [-0.15, -0.1) is 0 Å². The fourth-order valence-electron chi connectivity index (χ4n) is 3.47. The van der Waals surface area contributed by atoms with E-state index in [1.54, 1.807) is 7.11 Å². The molecule has 0 heterocycles. The summed E-state index contributed by atoms with van der Waals surface area (Å²) in [5, 5.41) is 0. The van der Waals surface area contributed by atoms with Crippen molar-refractivity contribution >= 4 is 11.1 Å². The van der Waals surface area contributed by atoms with Crippen LogP contribution in [-0.4, -0.2) is 7.11 Å². The van der Waals surface area contributed by atoms with Gasteiger partial charge < -0.3 is 4.74 Å². The standard InChI is InChI=1S/C25H34O/c1-4-6-9-15-24(21-13-11-8-12-14-21)25(16-10-7-5-2)22-17-19-23(26-3)20-18-22/h8,11-14,17-20H,4-7,9-10,15-16H2,1-3H3/b25-24-. The van der Waals surface area contributed by atoms with E-state index in [1.165, 1.54) is 60.8 Å². The molecular weight excluding hydrogens is 316 g/mol. The van der Waals surface area contributed by atoms with Gasteiger partial charge in [-0.05, 0) is 60.1 Å². The maximum Gasteiger partial charge on any atom is 0.118 e. The number of hydrogen-bond donors (Lipinski definition) is 0. The Morgan fingerprint density at radius 2 is 1.15 bits per heavy atom. The first kappa shape index (κ1) is 20.3. The van der Waals surface area contributed by atoms with Gasteiger partial charge in [-0.2, -0.15) is 0 Å². The predicted molar refractivity (Wildman–Crippen MR) is 115 cm³/mol. The average molecular weight is 351 g/mol. The third-order valence-electron chi connectivity index (χ3n) is 4.99. The van der Waals surface area contributed by atoms with Gasteiger partial charge in [0, 0.05) is 0 Å². The summed E-state index contributed by atoms with van der Waals surface area (Å²) >= 11 is 0. The van der Waals surface area contributed by atoms with Crippen LogP contribution in [0.2, 0.25) is 0 Å². The van der Waals surface area contributed by atoms with E-state index in [4.69, 9.17) is 4.74 Å². The minimum atomic E-state index is 0.925. The molecule has 0 aliphatic rings. The van der Waals surface area contributed by atoms with Crippen LogP contribution in [0, 0.1) is 0 Å². The van der Waals surface area contributed by atoms with E-state index in [9.17, 15) is 0 Å². The van der Waals surface area contributed by atoms with E-state index >= 15 is 0 Å². The highest BCUT2D eigenvalue weighted by Crippen LogP contribution is 2.35. The molecule has 2 aromatic carbocycles. The Hall–Kier alpha value is -2.02. The quantitative estimate of drug-likeness (QED) is 0.297. The molecule has 0 unspecified atom stereocenters. The van der Waals surface area contributed by atoms with Gasteiger partial charge in [0.25, 0.3) is 0 Å². The van der Waals surface area contributed by atoms with Gasteiger partial charge in [-0.3, -0.25) is 0 Å². The fraction of sp³-hybridized carbons (Fsp3) is 0.440. The van der Waals surface area contributed by atoms with Gasteiger partial charge in [-0.1, -0.05) is 82.0 Å². The molecule has 26 heavy (non-hydrogen) atoms. The van der Waals surface area contributed by atoms with Crippen molar-refractivity contribution < 1.29 is 4.74 Å². The summed E-state index contributed by atoms with van der Waals surface area (Å²) in [6, 6.07) is 19.6. The first-order chi connectivity index (χ1) is 12.8. The number of benzene rings is 2. The predicted octanol–water partition coefficient (Wildman–Crippen LogP) is 7.77. The fourth-order valence-corrected chi connectivity index (χ4v) is 3.47. The maximum atomic E-state index is 5.36. The van der Waals surface area contributed by atoms with E-state index in [2.05, 4.69) is 68.4 Å². The van der Waals surface area contributed by atoms with E-state index in [1.807, 2.05) is 0 Å². The zero-order valence-electron chi connectivity index (χ0n) is 16.8. The number of unbranched alkanes of at least 4 members (excludes halogenated alkanes) is 4. The van der Waals surface area contributed by atoms with Crippen molar-refractivity contribution in [1.29, 1.82) is 0 Å². The Labute approximate surface area is 160 Å². The first-order valence-electron chi connectivity index (χ1n) is 10.2. The molecule has 1 heteroatoms. The van der Waals surface area contributed by atoms with Gasteiger partial charge in [0.15, 0.2) is 0 Å². The molecule has 140 valence electrons. The van der Waals surface area contributed by atoms with Crippen molar-refractivity contribution in [3.8, 4) is 5.75 Å². The highest BCUT2D eigenvalue weighted by atomic mass is 16.5. The molecule has 1 nitrogen and oxygen atoms in total. The Morgan fingerprint density at radius 1 is 0.654 bits per heavy atom. The van der Waals surface area contributed by atoms with Crippen molar-refractivity contribution in [2.75, 3.05) is 7.11 Å². The molecule has 0 radical (unpaired) electrons. The van der Waals surface area contributed by atoms with Crippen molar-refractivity contribution in [3.05, 3.63) is 65.7 Å². The minimum Gasteiger partial charge on any atom is -0.497 e. The Bertz CT molecular complexity index is 652. The molecule has 0 saturated heterocycles.